The molecule has 1 atom stereocenters. The third kappa shape index (κ3) is 11.5. The van der Waals surface area contributed by atoms with Crippen molar-refractivity contribution < 1.29 is 0 Å². The highest BCUT2D eigenvalue weighted by Crippen LogP contribution is 2.13. The van der Waals surface area contributed by atoms with Gasteiger partial charge in [-0.15, -0.1) is 0 Å². The van der Waals surface area contributed by atoms with Gasteiger partial charge in [0.25, 0.3) is 0 Å². The van der Waals surface area contributed by atoms with E-state index in [2.05, 4.69) is 46.7 Å². The normalized spacial score (nSPS) is 13.1. The number of hydrogen-bond acceptors (Lipinski definition) is 0. The van der Waals surface area contributed by atoms with Crippen LogP contribution in [0.3, 0.4) is 0 Å². The zero-order chi connectivity index (χ0) is 12.3. The van der Waals surface area contributed by atoms with Crippen molar-refractivity contribution in [3.05, 3.63) is 35.4 Å². The molecule has 0 N–H and O–H groups in total. The molecule has 0 aromatic carbocycles. The molecule has 0 saturated heterocycles. The average molecular weight is 226 g/mol. The van der Waals surface area contributed by atoms with Crippen molar-refractivity contribution in [1.29, 1.82) is 0 Å². The third-order valence-corrected chi connectivity index (χ3v) is 2.09. The number of hydrogen-bond donors (Lipinski definition) is 0. The number of allylic oxidation sites excluding steroid dienone is 5. The summed E-state index contributed by atoms with van der Waals surface area (Å²) in [6.45, 7) is 13.9. The quantitative estimate of drug-likeness (QED) is 0.348. The minimum absolute atomic E-state index is 0.440. The summed E-state index contributed by atoms with van der Waals surface area (Å²) in [5, 5.41) is 0.585. The van der Waals surface area contributed by atoms with Crippen molar-refractivity contribution in [2.75, 3.05) is 0 Å². The molecule has 0 fully saturated rings. The Morgan fingerprint density at radius 1 is 1.47 bits per heavy atom. The number of rotatable bonds is 5. The maximum atomic E-state index is 5.62. The lowest BCUT2D eigenvalue weighted by molar-refractivity contribution is 0.859. The second kappa shape index (κ2) is 11.6. The molecule has 0 amide bonds. The van der Waals surface area contributed by atoms with Crippen molar-refractivity contribution in [3.8, 4) is 0 Å². The van der Waals surface area contributed by atoms with Crippen LogP contribution < -0.4 is 0 Å². The maximum Gasteiger partial charge on any atom is 0.110 e. The van der Waals surface area contributed by atoms with E-state index in [4.69, 9.17) is 11.6 Å². The zero-order valence-corrected chi connectivity index (χ0v) is 11.4. The predicted octanol–water partition coefficient (Wildman–Crippen LogP) is 5.07. The Morgan fingerprint density at radius 2 is 2.00 bits per heavy atom. The highest BCUT2D eigenvalue weighted by atomic mass is 35.5. The van der Waals surface area contributed by atoms with Gasteiger partial charge < -0.3 is 0 Å². The lowest BCUT2D eigenvalue weighted by Crippen LogP contribution is -1.92. The summed E-state index contributed by atoms with van der Waals surface area (Å²) in [5.41, 5.74) is 1.37. The molecule has 0 aliphatic heterocycles. The average Bonchev–Trinajstić information content (AvgIpc) is 2.25. The van der Waals surface area contributed by atoms with E-state index < -0.39 is 0 Å². The Labute approximate surface area is 101 Å². The van der Waals surface area contributed by atoms with Gasteiger partial charge in [0.2, 0.25) is 0 Å². The second-order valence-electron chi connectivity index (χ2n) is 3.19. The van der Waals surface area contributed by atoms with Crippen molar-refractivity contribution in [2.24, 2.45) is 5.92 Å². The van der Waals surface area contributed by atoms with Crippen LogP contribution in [0.1, 0.15) is 27.7 Å². The van der Waals surface area contributed by atoms with Gasteiger partial charge in [0.1, 0.15) is 7.28 Å². The van der Waals surface area contributed by atoms with Gasteiger partial charge in [-0.25, -0.2) is 0 Å². The van der Waals surface area contributed by atoms with Crippen LogP contribution in [-0.2, 0) is 0 Å². The molecule has 0 aliphatic carbocycles. The molecule has 0 aliphatic rings. The van der Waals surface area contributed by atoms with Crippen molar-refractivity contribution in [1.82, 2.24) is 0 Å². The molecule has 15 heavy (non-hydrogen) atoms. The summed E-state index contributed by atoms with van der Waals surface area (Å²) in [5.74, 6) is 0.440. The highest BCUT2D eigenvalue weighted by Gasteiger charge is 1.98. The minimum Gasteiger partial charge on any atom is -0.0929 e. The molecule has 1 radical (unpaired) electrons. The van der Waals surface area contributed by atoms with E-state index in [1.807, 2.05) is 19.9 Å². The van der Waals surface area contributed by atoms with E-state index in [1.54, 1.807) is 0 Å². The molecule has 0 rings (SSSR count). The molecule has 1 unspecified atom stereocenters. The minimum atomic E-state index is 0.440. The SMILES string of the molecule is C=C(Cl)/C=C\C(C)/C(C)=C/C[B]C.CC. The van der Waals surface area contributed by atoms with E-state index in [0.29, 0.717) is 11.0 Å². The van der Waals surface area contributed by atoms with Crippen molar-refractivity contribution in [3.63, 3.8) is 0 Å². The maximum absolute atomic E-state index is 5.62. The molecular weight excluding hydrogens is 202 g/mol. The Bertz CT molecular complexity index is 217. The molecule has 0 bridgehead atoms. The first-order valence-electron chi connectivity index (χ1n) is 5.55. The van der Waals surface area contributed by atoms with Crippen LogP contribution in [0.5, 0.6) is 0 Å². The summed E-state index contributed by atoms with van der Waals surface area (Å²) in [4.78, 5) is 0. The van der Waals surface area contributed by atoms with Gasteiger partial charge in [0.15, 0.2) is 0 Å². The monoisotopic (exact) mass is 225 g/mol. The van der Waals surface area contributed by atoms with Crippen LogP contribution in [0.25, 0.3) is 0 Å². The summed E-state index contributed by atoms with van der Waals surface area (Å²) >= 11 is 5.62. The lowest BCUT2D eigenvalue weighted by Gasteiger charge is -2.06. The molecular formula is C13H23BCl. The predicted molar refractivity (Wildman–Crippen MR) is 74.8 cm³/mol. The second-order valence-corrected chi connectivity index (χ2v) is 3.67. The fourth-order valence-electron chi connectivity index (χ4n) is 0.890. The Balaban J connectivity index is 0. The first kappa shape index (κ1) is 17.0. The van der Waals surface area contributed by atoms with E-state index >= 15 is 0 Å². The van der Waals surface area contributed by atoms with E-state index in [9.17, 15) is 0 Å². The van der Waals surface area contributed by atoms with Crippen LogP contribution in [0.4, 0.5) is 0 Å². The van der Waals surface area contributed by atoms with Gasteiger partial charge in [-0.3, -0.25) is 0 Å². The number of halogens is 1. The van der Waals surface area contributed by atoms with Crippen molar-refractivity contribution >= 4 is 18.9 Å². The van der Waals surface area contributed by atoms with Gasteiger partial charge in [-0.2, -0.15) is 0 Å². The molecule has 0 heterocycles. The molecule has 0 saturated carbocycles. The first-order chi connectivity index (χ1) is 7.07. The van der Waals surface area contributed by atoms with E-state index in [-0.39, 0.29) is 0 Å². The molecule has 0 aromatic rings. The summed E-state index contributed by atoms with van der Waals surface area (Å²) in [6, 6.07) is 0. The lowest BCUT2D eigenvalue weighted by atomic mass is 9.77. The highest BCUT2D eigenvalue weighted by molar-refractivity contribution is 6.34. The van der Waals surface area contributed by atoms with Crippen LogP contribution in [0.2, 0.25) is 13.1 Å². The van der Waals surface area contributed by atoms with Crippen LogP contribution >= 0.6 is 11.6 Å². The van der Waals surface area contributed by atoms with Crippen LogP contribution in [-0.4, -0.2) is 7.28 Å². The summed E-state index contributed by atoms with van der Waals surface area (Å²) in [6.07, 6.45) is 7.17. The zero-order valence-electron chi connectivity index (χ0n) is 10.7. The Hall–Kier alpha value is -0.425. The Kier molecular flexibility index (Phi) is 13.2. The van der Waals surface area contributed by atoms with Gasteiger partial charge in [-0.05, 0) is 18.9 Å². The van der Waals surface area contributed by atoms with Crippen LogP contribution in [0.15, 0.2) is 35.4 Å². The van der Waals surface area contributed by atoms with Gasteiger partial charge in [-0.1, -0.05) is 69.8 Å². The van der Waals surface area contributed by atoms with E-state index in [0.717, 1.165) is 6.32 Å². The Morgan fingerprint density at radius 3 is 2.40 bits per heavy atom. The summed E-state index contributed by atoms with van der Waals surface area (Å²) in [7, 11) is 2.14. The van der Waals surface area contributed by atoms with Gasteiger partial charge in [0, 0.05) is 5.03 Å². The molecule has 85 valence electrons. The van der Waals surface area contributed by atoms with E-state index in [1.165, 1.54) is 5.57 Å². The van der Waals surface area contributed by atoms with Crippen molar-refractivity contribution in [2.45, 2.75) is 40.8 Å². The molecule has 0 nitrogen and oxygen atoms in total. The molecule has 2 heteroatoms. The largest absolute Gasteiger partial charge is 0.110 e. The topological polar surface area (TPSA) is 0 Å². The fraction of sp³-hybridized carbons (Fsp3) is 0.538. The van der Waals surface area contributed by atoms with Crippen LogP contribution in [0, 0.1) is 5.92 Å². The van der Waals surface area contributed by atoms with Gasteiger partial charge >= 0.3 is 0 Å². The van der Waals surface area contributed by atoms with Gasteiger partial charge in [0.05, 0.1) is 0 Å². The first-order valence-corrected chi connectivity index (χ1v) is 5.92. The fourth-order valence-corrected chi connectivity index (χ4v) is 0.963. The standard InChI is InChI=1S/C11H17BCl.C2H6/c1-9(5-6-11(3)13)10(2)7-8-12-4;1-2/h5-7,9H,3,8H2,1-2,4H3;1-2H3/b6-5-,10-7+;. The smallest absolute Gasteiger partial charge is 0.0929 e. The molecule has 0 aromatic heterocycles. The molecule has 0 spiro atoms. The summed E-state index contributed by atoms with van der Waals surface area (Å²) < 4.78 is 0. The third-order valence-electron chi connectivity index (χ3n) is 1.96.